The first-order valence-corrected chi connectivity index (χ1v) is 10.5. The van der Waals surface area contributed by atoms with E-state index in [-0.39, 0.29) is 5.41 Å². The van der Waals surface area contributed by atoms with Gasteiger partial charge in [0, 0.05) is 16.6 Å². The lowest BCUT2D eigenvalue weighted by molar-refractivity contribution is 0.572. The third-order valence-corrected chi connectivity index (χ3v) is 6.57. The van der Waals surface area contributed by atoms with Gasteiger partial charge < -0.3 is 0 Å². The zero-order chi connectivity index (χ0) is 16.8. The molecule has 0 aliphatic heterocycles. The number of nitrogens with zero attached hydrogens (tertiary/aromatic N) is 3. The van der Waals surface area contributed by atoms with Crippen molar-refractivity contribution < 1.29 is 8.42 Å². The summed E-state index contributed by atoms with van der Waals surface area (Å²) >= 11 is 2.81. The SMILES string of the molecule is CC(C)(C)c1cn2nc(Sc3ccccc3S(C)(=O)=O)sc2n1. The Morgan fingerprint density at radius 3 is 2.52 bits per heavy atom. The van der Waals surface area contributed by atoms with Gasteiger partial charge in [-0.25, -0.2) is 17.9 Å². The minimum Gasteiger partial charge on any atom is -0.224 e. The zero-order valence-electron chi connectivity index (χ0n) is 13.3. The van der Waals surface area contributed by atoms with E-state index in [1.165, 1.54) is 29.4 Å². The maximum Gasteiger partial charge on any atom is 0.213 e. The zero-order valence-corrected chi connectivity index (χ0v) is 15.7. The topological polar surface area (TPSA) is 64.3 Å². The van der Waals surface area contributed by atoms with Crippen LogP contribution in [0.2, 0.25) is 0 Å². The normalized spacial score (nSPS) is 12.9. The molecule has 3 aromatic rings. The summed E-state index contributed by atoms with van der Waals surface area (Å²) in [6.07, 6.45) is 3.15. The van der Waals surface area contributed by atoms with Gasteiger partial charge in [0.15, 0.2) is 14.2 Å². The second kappa shape index (κ2) is 5.61. The van der Waals surface area contributed by atoms with Crippen LogP contribution >= 0.6 is 23.1 Å². The van der Waals surface area contributed by atoms with Crippen LogP contribution in [0.3, 0.4) is 0 Å². The predicted molar refractivity (Wildman–Crippen MR) is 93.2 cm³/mol. The molecule has 5 nitrogen and oxygen atoms in total. The van der Waals surface area contributed by atoms with Crippen molar-refractivity contribution in [3.8, 4) is 0 Å². The van der Waals surface area contributed by atoms with Gasteiger partial charge in [-0.05, 0) is 12.1 Å². The second-order valence-electron chi connectivity index (χ2n) is 6.29. The van der Waals surface area contributed by atoms with Gasteiger partial charge in [-0.15, -0.1) is 5.10 Å². The van der Waals surface area contributed by atoms with Gasteiger partial charge in [-0.3, -0.25) is 0 Å². The highest BCUT2D eigenvalue weighted by Gasteiger charge is 2.20. The van der Waals surface area contributed by atoms with E-state index >= 15 is 0 Å². The van der Waals surface area contributed by atoms with Crippen LogP contribution in [0.1, 0.15) is 26.5 Å². The quantitative estimate of drug-likeness (QED) is 0.707. The van der Waals surface area contributed by atoms with Crippen LogP contribution in [0, 0.1) is 0 Å². The summed E-state index contributed by atoms with van der Waals surface area (Å²) in [5.74, 6) is 0. The van der Waals surface area contributed by atoms with Crippen molar-refractivity contribution in [1.29, 1.82) is 0 Å². The molecule has 0 radical (unpaired) electrons. The van der Waals surface area contributed by atoms with E-state index < -0.39 is 9.84 Å². The van der Waals surface area contributed by atoms with E-state index in [2.05, 4.69) is 30.9 Å². The fourth-order valence-corrected chi connectivity index (χ4v) is 5.27. The number of aromatic nitrogens is 3. The average Bonchev–Trinajstić information content (AvgIpc) is 2.95. The lowest BCUT2D eigenvalue weighted by atomic mass is 9.93. The Hall–Kier alpha value is -1.38. The van der Waals surface area contributed by atoms with Gasteiger partial charge in [-0.1, -0.05) is 56.0 Å². The summed E-state index contributed by atoms with van der Waals surface area (Å²) in [7, 11) is -3.26. The van der Waals surface area contributed by atoms with Crippen molar-refractivity contribution in [1.82, 2.24) is 14.6 Å². The summed E-state index contributed by atoms with van der Waals surface area (Å²) < 4.78 is 26.3. The van der Waals surface area contributed by atoms with Crippen LogP contribution in [0.4, 0.5) is 0 Å². The van der Waals surface area contributed by atoms with Crippen LogP contribution in [0.5, 0.6) is 0 Å². The van der Waals surface area contributed by atoms with Crippen LogP contribution in [-0.2, 0) is 15.3 Å². The number of sulfone groups is 1. The Morgan fingerprint density at radius 2 is 1.91 bits per heavy atom. The average molecular weight is 368 g/mol. The molecule has 2 heterocycles. The van der Waals surface area contributed by atoms with E-state index in [0.29, 0.717) is 9.79 Å². The third-order valence-electron chi connectivity index (χ3n) is 3.24. The van der Waals surface area contributed by atoms with E-state index in [1.54, 1.807) is 22.7 Å². The molecule has 8 heteroatoms. The smallest absolute Gasteiger partial charge is 0.213 e. The molecule has 0 unspecified atom stereocenters. The highest BCUT2D eigenvalue weighted by Crippen LogP contribution is 2.35. The number of hydrogen-bond donors (Lipinski definition) is 0. The van der Waals surface area contributed by atoms with Crippen molar-refractivity contribution in [2.24, 2.45) is 0 Å². The lowest BCUT2D eigenvalue weighted by Crippen LogP contribution is -2.11. The molecule has 0 atom stereocenters. The molecule has 0 amide bonds. The summed E-state index contributed by atoms with van der Waals surface area (Å²) in [5.41, 5.74) is 0.966. The van der Waals surface area contributed by atoms with Crippen LogP contribution < -0.4 is 0 Å². The molecule has 3 rings (SSSR count). The number of fused-ring (bicyclic) bond motifs is 1. The molecular weight excluding hydrogens is 350 g/mol. The molecule has 0 saturated heterocycles. The highest BCUT2D eigenvalue weighted by molar-refractivity contribution is 8.01. The van der Waals surface area contributed by atoms with Crippen LogP contribution in [-0.4, -0.2) is 29.3 Å². The maximum absolute atomic E-state index is 11.9. The standard InChI is InChI=1S/C15H17N3O2S3/c1-15(2,3)12-9-18-13(16-12)22-14(17-18)21-10-7-5-6-8-11(10)23(4,19)20/h5-9H,1-4H3. The minimum atomic E-state index is -3.26. The molecule has 0 N–H and O–H groups in total. The Kier molecular flexibility index (Phi) is 4.02. The lowest BCUT2D eigenvalue weighted by Gasteiger charge is -2.13. The predicted octanol–water partition coefficient (Wildman–Crippen LogP) is 3.64. The molecule has 23 heavy (non-hydrogen) atoms. The first kappa shape index (κ1) is 16.5. The molecular formula is C15H17N3O2S3. The first-order chi connectivity index (χ1) is 10.6. The minimum absolute atomic E-state index is 0.0242. The van der Waals surface area contributed by atoms with Gasteiger partial charge in [0.25, 0.3) is 0 Å². The summed E-state index contributed by atoms with van der Waals surface area (Å²) in [4.78, 5) is 6.43. The van der Waals surface area contributed by atoms with E-state index in [1.807, 2.05) is 12.3 Å². The second-order valence-corrected chi connectivity index (χ2v) is 10.5. The molecule has 0 aliphatic carbocycles. The Bertz CT molecular complexity index is 934. The fourth-order valence-electron chi connectivity index (χ4n) is 2.02. The third kappa shape index (κ3) is 3.44. The van der Waals surface area contributed by atoms with Crippen LogP contribution in [0.25, 0.3) is 4.96 Å². The van der Waals surface area contributed by atoms with Gasteiger partial charge in [0.1, 0.15) is 0 Å². The van der Waals surface area contributed by atoms with Gasteiger partial charge in [0.2, 0.25) is 4.96 Å². The van der Waals surface area contributed by atoms with Crippen molar-refractivity contribution in [3.63, 3.8) is 0 Å². The number of imidazole rings is 1. The van der Waals surface area contributed by atoms with Crippen molar-refractivity contribution in [2.45, 2.75) is 40.3 Å². The van der Waals surface area contributed by atoms with Gasteiger partial charge >= 0.3 is 0 Å². The molecule has 0 spiro atoms. The highest BCUT2D eigenvalue weighted by atomic mass is 32.2. The van der Waals surface area contributed by atoms with Crippen molar-refractivity contribution in [3.05, 3.63) is 36.2 Å². The Balaban J connectivity index is 1.96. The molecule has 0 saturated carbocycles. The maximum atomic E-state index is 11.9. The molecule has 0 aliphatic rings. The van der Waals surface area contributed by atoms with Gasteiger partial charge in [-0.2, -0.15) is 0 Å². The largest absolute Gasteiger partial charge is 0.224 e. The number of benzene rings is 1. The first-order valence-electron chi connectivity index (χ1n) is 6.98. The Labute approximate surface area is 143 Å². The summed E-state index contributed by atoms with van der Waals surface area (Å²) in [5, 5.41) is 4.51. The molecule has 1 aromatic carbocycles. The molecule has 122 valence electrons. The molecule has 2 aromatic heterocycles. The van der Waals surface area contributed by atoms with E-state index in [0.717, 1.165) is 15.0 Å². The summed E-state index contributed by atoms with van der Waals surface area (Å²) in [6.45, 7) is 6.33. The molecule has 0 bridgehead atoms. The van der Waals surface area contributed by atoms with Crippen LogP contribution in [0.15, 0.2) is 44.6 Å². The van der Waals surface area contributed by atoms with Gasteiger partial charge in [0.05, 0.1) is 16.8 Å². The summed E-state index contributed by atoms with van der Waals surface area (Å²) in [6, 6.07) is 6.97. The molecule has 0 fully saturated rings. The number of hydrogen-bond acceptors (Lipinski definition) is 6. The monoisotopic (exact) mass is 367 g/mol. The number of rotatable bonds is 3. The Morgan fingerprint density at radius 1 is 1.22 bits per heavy atom. The van der Waals surface area contributed by atoms with E-state index in [4.69, 9.17) is 0 Å². The van der Waals surface area contributed by atoms with Crippen molar-refractivity contribution >= 4 is 37.9 Å². The van der Waals surface area contributed by atoms with E-state index in [9.17, 15) is 8.42 Å². The fraction of sp³-hybridized carbons (Fsp3) is 0.333. The van der Waals surface area contributed by atoms with Crippen molar-refractivity contribution in [2.75, 3.05) is 6.26 Å².